The minimum atomic E-state index is -0.337. The van der Waals surface area contributed by atoms with Gasteiger partial charge < -0.3 is 10.0 Å². The fourth-order valence-corrected chi connectivity index (χ4v) is 1.91. The zero-order chi connectivity index (χ0) is 10.8. The van der Waals surface area contributed by atoms with E-state index in [9.17, 15) is 4.79 Å². The summed E-state index contributed by atoms with van der Waals surface area (Å²) in [5.74, 6) is 0.00132. The van der Waals surface area contributed by atoms with Gasteiger partial charge >= 0.3 is 0 Å². The quantitative estimate of drug-likeness (QED) is 0.825. The van der Waals surface area contributed by atoms with Crippen molar-refractivity contribution in [2.24, 2.45) is 0 Å². The Morgan fingerprint density at radius 2 is 2.00 bits per heavy atom. The van der Waals surface area contributed by atoms with Crippen molar-refractivity contribution in [3.8, 4) is 0 Å². The largest absolute Gasteiger partial charge is 0.389 e. The van der Waals surface area contributed by atoms with Crippen LogP contribution in [0.1, 0.15) is 15.9 Å². The molecule has 0 radical (unpaired) electrons. The highest BCUT2D eigenvalue weighted by atomic mass is 79.9. The van der Waals surface area contributed by atoms with Gasteiger partial charge in [0.25, 0.3) is 5.91 Å². The molecule has 0 aliphatic carbocycles. The molecule has 1 aliphatic heterocycles. The molecule has 1 fully saturated rings. The maximum Gasteiger partial charge on any atom is 0.254 e. The van der Waals surface area contributed by atoms with E-state index in [0.717, 1.165) is 10.9 Å². The predicted molar refractivity (Wildman–Crippen MR) is 61.0 cm³/mol. The Bertz CT molecular complexity index is 357. The number of benzene rings is 1. The molecule has 1 aliphatic rings. The van der Waals surface area contributed by atoms with Crippen LogP contribution in [0.4, 0.5) is 0 Å². The molecule has 3 nitrogen and oxygen atoms in total. The van der Waals surface area contributed by atoms with E-state index in [1.165, 1.54) is 0 Å². The molecule has 2 rings (SSSR count). The van der Waals surface area contributed by atoms with Gasteiger partial charge in [-0.2, -0.15) is 0 Å². The number of carbonyl (C=O) groups is 1. The monoisotopic (exact) mass is 269 g/mol. The Morgan fingerprint density at radius 1 is 1.40 bits per heavy atom. The van der Waals surface area contributed by atoms with E-state index < -0.39 is 0 Å². The lowest BCUT2D eigenvalue weighted by molar-refractivity contribution is 0.00589. The molecule has 0 bridgehead atoms. The standard InChI is InChI=1S/C11H12BrNO2/c12-5-8-1-3-9(4-2-8)11(15)13-6-10(14)7-13/h1-4,10,14H,5-7H2. The van der Waals surface area contributed by atoms with Crippen molar-refractivity contribution in [1.82, 2.24) is 4.90 Å². The minimum absolute atomic E-state index is 0.00132. The summed E-state index contributed by atoms with van der Waals surface area (Å²) in [5.41, 5.74) is 1.83. The van der Waals surface area contributed by atoms with Crippen LogP contribution < -0.4 is 0 Å². The molecule has 15 heavy (non-hydrogen) atoms. The molecule has 80 valence electrons. The van der Waals surface area contributed by atoms with Crippen molar-refractivity contribution in [2.45, 2.75) is 11.4 Å². The number of rotatable bonds is 2. The Labute approximate surface area is 96.8 Å². The number of β-amino-alcohol motifs (C(OH)–C–C–N with tert-alkyl or cyclic N) is 1. The summed E-state index contributed by atoms with van der Waals surface area (Å²) in [6.07, 6.45) is -0.337. The zero-order valence-electron chi connectivity index (χ0n) is 8.19. The molecular formula is C11H12BrNO2. The lowest BCUT2D eigenvalue weighted by atomic mass is 10.1. The van der Waals surface area contributed by atoms with Crippen molar-refractivity contribution < 1.29 is 9.90 Å². The fraction of sp³-hybridized carbons (Fsp3) is 0.364. The molecule has 0 aromatic heterocycles. The summed E-state index contributed by atoms with van der Waals surface area (Å²) in [4.78, 5) is 13.4. The molecule has 1 amide bonds. The molecule has 1 N–H and O–H groups in total. The van der Waals surface area contributed by atoms with Crippen LogP contribution in [0.2, 0.25) is 0 Å². The normalized spacial score (nSPS) is 16.3. The first-order valence-corrected chi connectivity index (χ1v) is 5.95. The van der Waals surface area contributed by atoms with Gasteiger partial charge in [-0.25, -0.2) is 0 Å². The van der Waals surface area contributed by atoms with Crippen molar-refractivity contribution in [2.75, 3.05) is 13.1 Å². The van der Waals surface area contributed by atoms with Crippen LogP contribution in [0, 0.1) is 0 Å². The predicted octanol–water partition coefficient (Wildman–Crippen LogP) is 1.40. The summed E-state index contributed by atoms with van der Waals surface area (Å²) in [6, 6.07) is 7.50. The Hall–Kier alpha value is -0.870. The summed E-state index contributed by atoms with van der Waals surface area (Å²) in [6.45, 7) is 0.915. The second-order valence-corrected chi connectivity index (χ2v) is 4.26. The SMILES string of the molecule is O=C(c1ccc(CBr)cc1)N1CC(O)C1. The number of hydrogen-bond donors (Lipinski definition) is 1. The molecule has 1 aromatic rings. The molecule has 1 saturated heterocycles. The summed E-state index contributed by atoms with van der Waals surface area (Å²) in [5, 5.41) is 9.89. The maximum absolute atomic E-state index is 11.8. The summed E-state index contributed by atoms with van der Waals surface area (Å²) >= 11 is 3.35. The van der Waals surface area contributed by atoms with E-state index in [2.05, 4.69) is 15.9 Å². The van der Waals surface area contributed by atoms with Gasteiger partial charge in [0.05, 0.1) is 6.10 Å². The second-order valence-electron chi connectivity index (χ2n) is 3.69. The number of amides is 1. The smallest absolute Gasteiger partial charge is 0.254 e. The van der Waals surface area contributed by atoms with Crippen molar-refractivity contribution in [1.29, 1.82) is 0 Å². The van der Waals surface area contributed by atoms with Crippen molar-refractivity contribution in [3.63, 3.8) is 0 Å². The molecule has 1 heterocycles. The van der Waals surface area contributed by atoms with E-state index in [4.69, 9.17) is 5.11 Å². The second kappa shape index (κ2) is 4.33. The topological polar surface area (TPSA) is 40.5 Å². The first kappa shape index (κ1) is 10.6. The van der Waals surface area contributed by atoms with Gasteiger partial charge in [-0.15, -0.1) is 0 Å². The first-order chi connectivity index (χ1) is 7.20. The van der Waals surface area contributed by atoms with E-state index in [-0.39, 0.29) is 12.0 Å². The van der Waals surface area contributed by atoms with Crippen LogP contribution in [0.5, 0.6) is 0 Å². The molecule has 0 atom stereocenters. The van der Waals surface area contributed by atoms with Gasteiger partial charge in [0.1, 0.15) is 0 Å². The highest BCUT2D eigenvalue weighted by Gasteiger charge is 2.29. The third kappa shape index (κ3) is 2.21. The number of aliphatic hydroxyl groups excluding tert-OH is 1. The van der Waals surface area contributed by atoms with Crippen molar-refractivity contribution >= 4 is 21.8 Å². The van der Waals surface area contributed by atoms with Crippen LogP contribution in [0.15, 0.2) is 24.3 Å². The third-order valence-corrected chi connectivity index (χ3v) is 3.15. The molecule has 4 heteroatoms. The van der Waals surface area contributed by atoms with E-state index in [1.807, 2.05) is 24.3 Å². The number of aliphatic hydroxyl groups is 1. The van der Waals surface area contributed by atoms with Crippen LogP contribution in [-0.2, 0) is 5.33 Å². The number of carbonyl (C=O) groups excluding carboxylic acids is 1. The van der Waals surface area contributed by atoms with E-state index in [1.54, 1.807) is 4.90 Å². The zero-order valence-corrected chi connectivity index (χ0v) is 9.77. The molecule has 0 unspecified atom stereocenters. The van der Waals surface area contributed by atoms with Gasteiger partial charge in [-0.3, -0.25) is 4.79 Å². The molecule has 1 aromatic carbocycles. The maximum atomic E-state index is 11.8. The molecular weight excluding hydrogens is 258 g/mol. The van der Waals surface area contributed by atoms with Crippen LogP contribution in [0.25, 0.3) is 0 Å². The summed E-state index contributed by atoms with van der Waals surface area (Å²) < 4.78 is 0. The fourth-order valence-electron chi connectivity index (χ4n) is 1.54. The number of hydrogen-bond acceptors (Lipinski definition) is 2. The van der Waals surface area contributed by atoms with Gasteiger partial charge in [-0.1, -0.05) is 28.1 Å². The van der Waals surface area contributed by atoms with Gasteiger partial charge in [0.15, 0.2) is 0 Å². The highest BCUT2D eigenvalue weighted by molar-refractivity contribution is 9.08. The molecule has 0 spiro atoms. The Morgan fingerprint density at radius 3 is 2.47 bits per heavy atom. The highest BCUT2D eigenvalue weighted by Crippen LogP contribution is 2.14. The van der Waals surface area contributed by atoms with Crippen LogP contribution in [-0.4, -0.2) is 35.1 Å². The average molecular weight is 270 g/mol. The Balaban J connectivity index is 2.06. The lowest BCUT2D eigenvalue weighted by Crippen LogP contribution is -2.53. The van der Waals surface area contributed by atoms with Gasteiger partial charge in [0, 0.05) is 24.0 Å². The Kier molecular flexibility index (Phi) is 3.07. The first-order valence-electron chi connectivity index (χ1n) is 4.83. The number of halogens is 1. The van der Waals surface area contributed by atoms with Gasteiger partial charge in [0.2, 0.25) is 0 Å². The number of likely N-dealkylation sites (tertiary alicyclic amines) is 1. The number of alkyl halides is 1. The average Bonchev–Trinajstić information content (AvgIpc) is 2.24. The van der Waals surface area contributed by atoms with E-state index >= 15 is 0 Å². The number of nitrogens with zero attached hydrogens (tertiary/aromatic N) is 1. The lowest BCUT2D eigenvalue weighted by Gasteiger charge is -2.35. The molecule has 0 saturated carbocycles. The van der Waals surface area contributed by atoms with E-state index in [0.29, 0.717) is 18.7 Å². The van der Waals surface area contributed by atoms with Gasteiger partial charge in [-0.05, 0) is 17.7 Å². The van der Waals surface area contributed by atoms with Crippen LogP contribution >= 0.6 is 15.9 Å². The minimum Gasteiger partial charge on any atom is -0.389 e. The van der Waals surface area contributed by atoms with Crippen LogP contribution in [0.3, 0.4) is 0 Å². The third-order valence-electron chi connectivity index (χ3n) is 2.50. The summed E-state index contributed by atoms with van der Waals surface area (Å²) in [7, 11) is 0. The van der Waals surface area contributed by atoms with Crippen molar-refractivity contribution in [3.05, 3.63) is 35.4 Å².